The fraction of sp³-hybridized carbons (Fsp3) is 1.00. The highest BCUT2D eigenvalue weighted by atomic mass is 32.2. The van der Waals surface area contributed by atoms with Crippen molar-refractivity contribution in [2.75, 3.05) is 18.1 Å². The second-order valence-electron chi connectivity index (χ2n) is 6.50. The van der Waals surface area contributed by atoms with E-state index in [9.17, 15) is 5.11 Å². The zero-order chi connectivity index (χ0) is 12.4. The highest BCUT2D eigenvalue weighted by Gasteiger charge is 2.44. The van der Waals surface area contributed by atoms with Gasteiger partial charge in [0.1, 0.15) is 0 Å². The molecule has 1 N–H and O–H groups in total. The summed E-state index contributed by atoms with van der Waals surface area (Å²) in [5.74, 6) is 3.89. The first-order valence-corrected chi connectivity index (χ1v) is 8.83. The Kier molecular flexibility index (Phi) is 4.21. The van der Waals surface area contributed by atoms with Gasteiger partial charge in [0.2, 0.25) is 0 Å². The van der Waals surface area contributed by atoms with Crippen molar-refractivity contribution in [2.24, 2.45) is 11.8 Å². The number of rotatable bonds is 3. The quantitative estimate of drug-likeness (QED) is 0.854. The summed E-state index contributed by atoms with van der Waals surface area (Å²) >= 11 is 2.07. The van der Waals surface area contributed by atoms with Gasteiger partial charge in [-0.25, -0.2) is 0 Å². The number of hydrogen-bond donors (Lipinski definition) is 1. The maximum atomic E-state index is 10.5. The zero-order valence-corrected chi connectivity index (χ0v) is 12.1. The molecule has 0 radical (unpaired) electrons. The van der Waals surface area contributed by atoms with Crippen molar-refractivity contribution in [1.29, 1.82) is 0 Å². The fourth-order valence-corrected chi connectivity index (χ4v) is 5.03. The second-order valence-corrected chi connectivity index (χ2v) is 7.72. The van der Waals surface area contributed by atoms with Crippen LogP contribution >= 0.6 is 11.8 Å². The molecule has 0 aromatic rings. The molecular weight excluding hydrogens is 244 g/mol. The summed E-state index contributed by atoms with van der Waals surface area (Å²) < 4.78 is 5.96. The molecule has 2 saturated heterocycles. The lowest BCUT2D eigenvalue weighted by Gasteiger charge is -2.48. The number of ether oxygens (including phenoxy) is 1. The molecule has 1 aliphatic carbocycles. The molecule has 3 heteroatoms. The summed E-state index contributed by atoms with van der Waals surface area (Å²) in [6.45, 7) is 0.877. The summed E-state index contributed by atoms with van der Waals surface area (Å²) in [5, 5.41) is 10.5. The molecule has 18 heavy (non-hydrogen) atoms. The van der Waals surface area contributed by atoms with Crippen LogP contribution in [0.3, 0.4) is 0 Å². The molecule has 1 saturated carbocycles. The van der Waals surface area contributed by atoms with E-state index in [0.717, 1.165) is 31.8 Å². The normalized spacial score (nSPS) is 34.2. The van der Waals surface area contributed by atoms with Crippen LogP contribution in [0.25, 0.3) is 0 Å². The van der Waals surface area contributed by atoms with Crippen molar-refractivity contribution in [3.05, 3.63) is 0 Å². The monoisotopic (exact) mass is 270 g/mol. The van der Waals surface area contributed by atoms with Crippen LogP contribution in [0.4, 0.5) is 0 Å². The zero-order valence-electron chi connectivity index (χ0n) is 11.3. The number of hydrogen-bond acceptors (Lipinski definition) is 3. The van der Waals surface area contributed by atoms with Crippen molar-refractivity contribution in [3.63, 3.8) is 0 Å². The highest BCUT2D eigenvalue weighted by molar-refractivity contribution is 7.99. The SMILES string of the molecule is OC(CC1CCSCC1)C1CCOC2(CCC2)C1. The lowest BCUT2D eigenvalue weighted by atomic mass is 9.70. The van der Waals surface area contributed by atoms with E-state index in [1.165, 1.54) is 43.6 Å². The first kappa shape index (κ1) is 13.3. The summed E-state index contributed by atoms with van der Waals surface area (Å²) in [6, 6.07) is 0. The molecule has 2 atom stereocenters. The topological polar surface area (TPSA) is 29.5 Å². The number of aliphatic hydroxyl groups excluding tert-OH is 1. The largest absolute Gasteiger partial charge is 0.393 e. The third-order valence-electron chi connectivity index (χ3n) is 5.26. The Labute approximate surface area is 115 Å². The third-order valence-corrected chi connectivity index (χ3v) is 6.30. The smallest absolute Gasteiger partial charge is 0.0686 e. The molecule has 2 nitrogen and oxygen atoms in total. The summed E-state index contributed by atoms with van der Waals surface area (Å²) in [4.78, 5) is 0. The van der Waals surface area contributed by atoms with Crippen LogP contribution < -0.4 is 0 Å². The lowest BCUT2D eigenvalue weighted by molar-refractivity contribution is -0.158. The molecular formula is C15H26O2S. The molecule has 104 valence electrons. The van der Waals surface area contributed by atoms with Crippen molar-refractivity contribution in [2.45, 2.75) is 63.1 Å². The van der Waals surface area contributed by atoms with E-state index >= 15 is 0 Å². The van der Waals surface area contributed by atoms with Gasteiger partial charge in [-0.2, -0.15) is 11.8 Å². The van der Waals surface area contributed by atoms with Gasteiger partial charge in [0.05, 0.1) is 11.7 Å². The van der Waals surface area contributed by atoms with Gasteiger partial charge < -0.3 is 9.84 Å². The van der Waals surface area contributed by atoms with Crippen LogP contribution in [0.5, 0.6) is 0 Å². The maximum absolute atomic E-state index is 10.5. The Balaban J connectivity index is 1.50. The van der Waals surface area contributed by atoms with E-state index in [-0.39, 0.29) is 11.7 Å². The Morgan fingerprint density at radius 3 is 2.67 bits per heavy atom. The fourth-order valence-electron chi connectivity index (χ4n) is 3.83. The van der Waals surface area contributed by atoms with E-state index in [2.05, 4.69) is 11.8 Å². The molecule has 0 aromatic heterocycles. The minimum Gasteiger partial charge on any atom is -0.393 e. The average Bonchev–Trinajstić information content (AvgIpc) is 2.38. The van der Waals surface area contributed by atoms with Crippen LogP contribution in [-0.4, -0.2) is 34.9 Å². The molecule has 3 fully saturated rings. The molecule has 3 rings (SSSR count). The van der Waals surface area contributed by atoms with E-state index < -0.39 is 0 Å². The minimum absolute atomic E-state index is 0.0699. The molecule has 2 aliphatic heterocycles. The van der Waals surface area contributed by atoms with Crippen LogP contribution in [0, 0.1) is 11.8 Å². The van der Waals surface area contributed by atoms with E-state index in [1.54, 1.807) is 0 Å². The Hall–Kier alpha value is 0.270. The van der Waals surface area contributed by atoms with Crippen LogP contribution in [0.2, 0.25) is 0 Å². The van der Waals surface area contributed by atoms with Gasteiger partial charge in [0, 0.05) is 6.61 Å². The van der Waals surface area contributed by atoms with Gasteiger partial charge in [0.25, 0.3) is 0 Å². The van der Waals surface area contributed by atoms with Crippen molar-refractivity contribution in [3.8, 4) is 0 Å². The van der Waals surface area contributed by atoms with Crippen molar-refractivity contribution in [1.82, 2.24) is 0 Å². The average molecular weight is 270 g/mol. The molecule has 2 unspecified atom stereocenters. The number of aliphatic hydroxyl groups is 1. The predicted molar refractivity (Wildman–Crippen MR) is 75.9 cm³/mol. The first-order chi connectivity index (χ1) is 8.77. The second kappa shape index (κ2) is 5.72. The molecule has 0 bridgehead atoms. The minimum atomic E-state index is -0.0699. The lowest BCUT2D eigenvalue weighted by Crippen LogP contribution is -2.48. The van der Waals surface area contributed by atoms with Gasteiger partial charge in [-0.05, 0) is 74.7 Å². The van der Waals surface area contributed by atoms with Crippen LogP contribution in [0.15, 0.2) is 0 Å². The highest BCUT2D eigenvalue weighted by Crippen LogP contribution is 2.45. The van der Waals surface area contributed by atoms with Crippen molar-refractivity contribution < 1.29 is 9.84 Å². The molecule has 2 heterocycles. The van der Waals surface area contributed by atoms with E-state index in [0.29, 0.717) is 5.92 Å². The van der Waals surface area contributed by atoms with Gasteiger partial charge in [-0.1, -0.05) is 0 Å². The predicted octanol–water partition coefficient (Wildman–Crippen LogP) is 3.23. The van der Waals surface area contributed by atoms with Gasteiger partial charge in [0.15, 0.2) is 0 Å². The standard InChI is InChI=1S/C15H26O2S/c16-14(10-12-3-8-18-9-4-12)13-2-7-17-15(11-13)5-1-6-15/h12-14,16H,1-11H2. The summed E-state index contributed by atoms with van der Waals surface area (Å²) in [7, 11) is 0. The van der Waals surface area contributed by atoms with Crippen LogP contribution in [0.1, 0.15) is 51.4 Å². The maximum Gasteiger partial charge on any atom is 0.0686 e. The van der Waals surface area contributed by atoms with E-state index in [1.807, 2.05) is 0 Å². The molecule has 0 aromatic carbocycles. The molecule has 0 amide bonds. The van der Waals surface area contributed by atoms with Crippen molar-refractivity contribution >= 4 is 11.8 Å². The Morgan fingerprint density at radius 1 is 1.22 bits per heavy atom. The third kappa shape index (κ3) is 2.88. The van der Waals surface area contributed by atoms with E-state index in [4.69, 9.17) is 4.74 Å². The summed E-state index contributed by atoms with van der Waals surface area (Å²) in [5.41, 5.74) is 0.187. The van der Waals surface area contributed by atoms with Gasteiger partial charge >= 0.3 is 0 Å². The van der Waals surface area contributed by atoms with Gasteiger partial charge in [-0.3, -0.25) is 0 Å². The first-order valence-electron chi connectivity index (χ1n) is 7.67. The van der Waals surface area contributed by atoms with Gasteiger partial charge in [-0.15, -0.1) is 0 Å². The van der Waals surface area contributed by atoms with Crippen LogP contribution in [-0.2, 0) is 4.74 Å². The Bertz CT molecular complexity index is 272. The summed E-state index contributed by atoms with van der Waals surface area (Å²) in [6.07, 6.45) is 9.59. The molecule has 1 spiro atoms. The molecule has 3 aliphatic rings. The Morgan fingerprint density at radius 2 is 2.00 bits per heavy atom. The number of thioether (sulfide) groups is 1.